The van der Waals surface area contributed by atoms with E-state index in [1.165, 1.54) is 0 Å². The van der Waals surface area contributed by atoms with Crippen molar-refractivity contribution in [3.05, 3.63) is 24.3 Å². The van der Waals surface area contributed by atoms with Crippen molar-refractivity contribution in [2.24, 2.45) is 0 Å². The highest BCUT2D eigenvalue weighted by Gasteiger charge is 2.27. The number of amides is 3. The molecule has 1 aromatic carbocycles. The monoisotopic (exact) mass is 334 g/mol. The zero-order chi connectivity index (χ0) is 17.7. The topological polar surface area (TPSA) is 84.9 Å². The molecular formula is C17H26N4O3. The van der Waals surface area contributed by atoms with Gasteiger partial charge in [0.1, 0.15) is 5.75 Å². The highest BCUT2D eigenvalue weighted by atomic mass is 16.3. The van der Waals surface area contributed by atoms with Gasteiger partial charge in [-0.15, -0.1) is 0 Å². The van der Waals surface area contributed by atoms with Gasteiger partial charge in [0.05, 0.1) is 11.7 Å². The standard InChI is InChI=1S/C17H26N4O3/c1-12(2)18-17(24)19-16(23)13(3)20-8-10-21(11-9-20)14-6-4-5-7-15(14)22/h4-7,12-13,22H,8-11H2,1-3H3,(H2,18,19,23,24). The number of piperazine rings is 1. The Morgan fingerprint density at radius 2 is 1.71 bits per heavy atom. The number of carbonyl (C=O) groups is 2. The molecule has 1 aromatic rings. The number of carbonyl (C=O) groups excluding carboxylic acids is 2. The normalized spacial score (nSPS) is 16.8. The van der Waals surface area contributed by atoms with Gasteiger partial charge in [0.15, 0.2) is 0 Å². The molecule has 1 saturated heterocycles. The molecule has 0 radical (unpaired) electrons. The number of para-hydroxylation sites is 2. The third kappa shape index (κ3) is 4.61. The smallest absolute Gasteiger partial charge is 0.321 e. The summed E-state index contributed by atoms with van der Waals surface area (Å²) in [5, 5.41) is 15.0. The Hall–Kier alpha value is -2.28. The number of urea groups is 1. The molecule has 24 heavy (non-hydrogen) atoms. The van der Waals surface area contributed by atoms with Gasteiger partial charge in [0.2, 0.25) is 5.91 Å². The largest absolute Gasteiger partial charge is 0.506 e. The Kier molecular flexibility index (Phi) is 6.03. The number of phenolic OH excluding ortho intramolecular Hbond substituents is 1. The highest BCUT2D eigenvalue weighted by Crippen LogP contribution is 2.27. The van der Waals surface area contributed by atoms with Gasteiger partial charge in [0, 0.05) is 32.2 Å². The van der Waals surface area contributed by atoms with Crippen molar-refractivity contribution in [2.45, 2.75) is 32.9 Å². The summed E-state index contributed by atoms with van der Waals surface area (Å²) in [4.78, 5) is 27.9. The number of nitrogens with zero attached hydrogens (tertiary/aromatic N) is 2. The lowest BCUT2D eigenvalue weighted by molar-refractivity contribution is -0.124. The molecule has 1 atom stereocenters. The van der Waals surface area contributed by atoms with E-state index in [0.717, 1.165) is 5.69 Å². The minimum Gasteiger partial charge on any atom is -0.506 e. The second-order valence-corrected chi connectivity index (χ2v) is 6.31. The zero-order valence-electron chi connectivity index (χ0n) is 14.5. The molecule has 3 N–H and O–H groups in total. The fourth-order valence-electron chi connectivity index (χ4n) is 2.76. The second-order valence-electron chi connectivity index (χ2n) is 6.31. The summed E-state index contributed by atoms with van der Waals surface area (Å²) in [7, 11) is 0. The van der Waals surface area contributed by atoms with Crippen LogP contribution in [-0.4, -0.2) is 60.2 Å². The first-order chi connectivity index (χ1) is 11.4. The summed E-state index contributed by atoms with van der Waals surface area (Å²) < 4.78 is 0. The summed E-state index contributed by atoms with van der Waals surface area (Å²) in [5.74, 6) is -0.0359. The molecule has 1 heterocycles. The predicted molar refractivity (Wildman–Crippen MR) is 93.2 cm³/mol. The molecule has 1 fully saturated rings. The molecule has 2 rings (SSSR count). The Bertz CT molecular complexity index is 583. The average Bonchev–Trinajstić information content (AvgIpc) is 2.54. The van der Waals surface area contributed by atoms with E-state index < -0.39 is 6.03 Å². The van der Waals surface area contributed by atoms with E-state index in [0.29, 0.717) is 26.2 Å². The Morgan fingerprint density at radius 3 is 2.29 bits per heavy atom. The molecule has 0 spiro atoms. The van der Waals surface area contributed by atoms with Crippen molar-refractivity contribution in [3.63, 3.8) is 0 Å². The van der Waals surface area contributed by atoms with E-state index in [1.54, 1.807) is 19.1 Å². The van der Waals surface area contributed by atoms with Crippen molar-refractivity contribution < 1.29 is 14.7 Å². The number of aromatic hydroxyl groups is 1. The summed E-state index contributed by atoms with van der Waals surface area (Å²) in [5.41, 5.74) is 0.811. The lowest BCUT2D eigenvalue weighted by Crippen LogP contribution is -2.55. The van der Waals surface area contributed by atoms with Crippen molar-refractivity contribution in [2.75, 3.05) is 31.1 Å². The molecule has 1 unspecified atom stereocenters. The third-order valence-corrected chi connectivity index (χ3v) is 4.12. The fourth-order valence-corrected chi connectivity index (χ4v) is 2.76. The van der Waals surface area contributed by atoms with Gasteiger partial charge in [-0.25, -0.2) is 4.79 Å². The van der Waals surface area contributed by atoms with Gasteiger partial charge in [-0.05, 0) is 32.9 Å². The molecule has 132 valence electrons. The molecular weight excluding hydrogens is 308 g/mol. The van der Waals surface area contributed by atoms with Gasteiger partial charge >= 0.3 is 6.03 Å². The number of imide groups is 1. The number of nitrogens with one attached hydrogen (secondary N) is 2. The number of benzene rings is 1. The van der Waals surface area contributed by atoms with Crippen LogP contribution in [0.4, 0.5) is 10.5 Å². The first-order valence-electron chi connectivity index (χ1n) is 8.27. The van der Waals surface area contributed by atoms with Gasteiger partial charge < -0.3 is 15.3 Å². The van der Waals surface area contributed by atoms with Crippen molar-refractivity contribution in [1.29, 1.82) is 0 Å². The van der Waals surface area contributed by atoms with Crippen LogP contribution in [0.2, 0.25) is 0 Å². The Labute approximate surface area is 142 Å². The molecule has 3 amide bonds. The van der Waals surface area contributed by atoms with Crippen LogP contribution in [0.25, 0.3) is 0 Å². The van der Waals surface area contributed by atoms with E-state index in [-0.39, 0.29) is 23.7 Å². The van der Waals surface area contributed by atoms with Crippen LogP contribution < -0.4 is 15.5 Å². The molecule has 0 bridgehead atoms. The number of hydrogen-bond donors (Lipinski definition) is 3. The molecule has 0 aliphatic carbocycles. The minimum absolute atomic E-state index is 0.0183. The van der Waals surface area contributed by atoms with Crippen LogP contribution in [0.3, 0.4) is 0 Å². The van der Waals surface area contributed by atoms with E-state index in [2.05, 4.69) is 15.5 Å². The lowest BCUT2D eigenvalue weighted by atomic mass is 10.2. The molecule has 0 aromatic heterocycles. The summed E-state index contributed by atoms with van der Waals surface area (Å²) in [6, 6.07) is 6.39. The van der Waals surface area contributed by atoms with E-state index in [1.807, 2.05) is 30.9 Å². The maximum atomic E-state index is 12.2. The number of anilines is 1. The number of hydrogen-bond acceptors (Lipinski definition) is 5. The van der Waals surface area contributed by atoms with E-state index in [9.17, 15) is 14.7 Å². The molecule has 1 aliphatic rings. The molecule has 0 saturated carbocycles. The second kappa shape index (κ2) is 8.01. The Balaban J connectivity index is 1.86. The highest BCUT2D eigenvalue weighted by molar-refractivity contribution is 5.96. The van der Waals surface area contributed by atoms with Crippen LogP contribution in [0, 0.1) is 0 Å². The molecule has 7 heteroatoms. The summed E-state index contributed by atoms with van der Waals surface area (Å²) in [6.45, 7) is 8.29. The first-order valence-corrected chi connectivity index (χ1v) is 8.27. The van der Waals surface area contributed by atoms with Gasteiger partial charge in [-0.1, -0.05) is 12.1 Å². The SMILES string of the molecule is CC(C)NC(=O)NC(=O)C(C)N1CCN(c2ccccc2O)CC1. The zero-order valence-corrected chi connectivity index (χ0v) is 14.5. The molecule has 7 nitrogen and oxygen atoms in total. The first kappa shape index (κ1) is 18.1. The van der Waals surface area contributed by atoms with Crippen molar-refractivity contribution >= 4 is 17.6 Å². The van der Waals surface area contributed by atoms with Crippen LogP contribution in [-0.2, 0) is 4.79 Å². The van der Waals surface area contributed by atoms with Crippen LogP contribution in [0.1, 0.15) is 20.8 Å². The summed E-state index contributed by atoms with van der Waals surface area (Å²) >= 11 is 0. The minimum atomic E-state index is -0.463. The predicted octanol–water partition coefficient (Wildman–Crippen LogP) is 1.14. The Morgan fingerprint density at radius 1 is 1.08 bits per heavy atom. The van der Waals surface area contributed by atoms with Gasteiger partial charge in [-0.2, -0.15) is 0 Å². The number of rotatable bonds is 4. The van der Waals surface area contributed by atoms with E-state index >= 15 is 0 Å². The fraction of sp³-hybridized carbons (Fsp3) is 0.529. The quantitative estimate of drug-likeness (QED) is 0.769. The van der Waals surface area contributed by atoms with Gasteiger partial charge in [-0.3, -0.25) is 15.0 Å². The van der Waals surface area contributed by atoms with Crippen molar-refractivity contribution in [1.82, 2.24) is 15.5 Å². The summed E-state index contributed by atoms with van der Waals surface area (Å²) in [6.07, 6.45) is 0. The average molecular weight is 334 g/mol. The number of phenols is 1. The lowest BCUT2D eigenvalue weighted by Gasteiger charge is -2.38. The molecule has 1 aliphatic heterocycles. The third-order valence-electron chi connectivity index (χ3n) is 4.12. The van der Waals surface area contributed by atoms with Crippen LogP contribution in [0.5, 0.6) is 5.75 Å². The maximum absolute atomic E-state index is 12.2. The van der Waals surface area contributed by atoms with Crippen molar-refractivity contribution in [3.8, 4) is 5.75 Å². The maximum Gasteiger partial charge on any atom is 0.321 e. The van der Waals surface area contributed by atoms with Crippen LogP contribution in [0.15, 0.2) is 24.3 Å². The van der Waals surface area contributed by atoms with E-state index in [4.69, 9.17) is 0 Å². The van der Waals surface area contributed by atoms with Gasteiger partial charge in [0.25, 0.3) is 0 Å². The van der Waals surface area contributed by atoms with Crippen LogP contribution >= 0.6 is 0 Å².